The first-order chi connectivity index (χ1) is 12.3. The SMILES string of the molecule is ClCc1ccc(CNCc2ccc(-c3ccccc3)cc2)c(CCl)c1. The maximum absolute atomic E-state index is 6.06. The van der Waals surface area contributed by atoms with Crippen LogP contribution in [-0.4, -0.2) is 0 Å². The van der Waals surface area contributed by atoms with Gasteiger partial charge in [-0.05, 0) is 33.4 Å². The van der Waals surface area contributed by atoms with Crippen molar-refractivity contribution in [1.29, 1.82) is 0 Å². The van der Waals surface area contributed by atoms with Crippen molar-refractivity contribution in [3.63, 3.8) is 0 Å². The summed E-state index contributed by atoms with van der Waals surface area (Å²) in [7, 11) is 0. The molecule has 0 bridgehead atoms. The molecule has 0 aliphatic carbocycles. The summed E-state index contributed by atoms with van der Waals surface area (Å²) in [5.74, 6) is 1.03. The fraction of sp³-hybridized carbons (Fsp3) is 0.182. The smallest absolute Gasteiger partial charge is 0.0477 e. The van der Waals surface area contributed by atoms with Gasteiger partial charge < -0.3 is 5.32 Å². The molecule has 1 N–H and O–H groups in total. The molecule has 0 saturated carbocycles. The van der Waals surface area contributed by atoms with Gasteiger partial charge in [0.25, 0.3) is 0 Å². The lowest BCUT2D eigenvalue weighted by atomic mass is 10.0. The molecule has 128 valence electrons. The maximum atomic E-state index is 6.06. The molecule has 0 amide bonds. The topological polar surface area (TPSA) is 12.0 Å². The van der Waals surface area contributed by atoms with Crippen LogP contribution in [0.3, 0.4) is 0 Å². The van der Waals surface area contributed by atoms with Crippen LogP contribution in [0.4, 0.5) is 0 Å². The zero-order valence-electron chi connectivity index (χ0n) is 14.0. The number of alkyl halides is 2. The van der Waals surface area contributed by atoms with E-state index in [9.17, 15) is 0 Å². The van der Waals surface area contributed by atoms with E-state index in [4.69, 9.17) is 23.2 Å². The van der Waals surface area contributed by atoms with Gasteiger partial charge in [-0.1, -0.05) is 72.8 Å². The van der Waals surface area contributed by atoms with Crippen molar-refractivity contribution in [3.05, 3.63) is 95.1 Å². The predicted octanol–water partition coefficient (Wildman–Crippen LogP) is 6.12. The van der Waals surface area contributed by atoms with Crippen LogP contribution < -0.4 is 5.32 Å². The Bertz CT molecular complexity index is 798. The van der Waals surface area contributed by atoms with Crippen LogP contribution in [0.15, 0.2) is 72.8 Å². The molecule has 0 heterocycles. The largest absolute Gasteiger partial charge is 0.309 e. The Morgan fingerprint density at radius 1 is 0.600 bits per heavy atom. The number of nitrogens with one attached hydrogen (secondary N) is 1. The average molecular weight is 370 g/mol. The zero-order valence-corrected chi connectivity index (χ0v) is 15.5. The molecule has 0 fully saturated rings. The van der Waals surface area contributed by atoms with Gasteiger partial charge in [-0.2, -0.15) is 0 Å². The van der Waals surface area contributed by atoms with E-state index in [0.717, 1.165) is 24.2 Å². The van der Waals surface area contributed by atoms with Gasteiger partial charge in [0.2, 0.25) is 0 Å². The highest BCUT2D eigenvalue weighted by Crippen LogP contribution is 2.19. The van der Waals surface area contributed by atoms with Gasteiger partial charge in [-0.25, -0.2) is 0 Å². The van der Waals surface area contributed by atoms with Gasteiger partial charge in [0, 0.05) is 24.8 Å². The first-order valence-electron chi connectivity index (χ1n) is 8.38. The van der Waals surface area contributed by atoms with Crippen molar-refractivity contribution < 1.29 is 0 Å². The molecule has 0 aliphatic heterocycles. The molecule has 0 spiro atoms. The van der Waals surface area contributed by atoms with E-state index in [1.165, 1.54) is 22.3 Å². The molecule has 3 aromatic rings. The fourth-order valence-corrected chi connectivity index (χ4v) is 3.26. The molecule has 25 heavy (non-hydrogen) atoms. The van der Waals surface area contributed by atoms with Gasteiger partial charge >= 0.3 is 0 Å². The second-order valence-corrected chi connectivity index (χ2v) is 6.57. The first-order valence-corrected chi connectivity index (χ1v) is 9.44. The predicted molar refractivity (Wildman–Crippen MR) is 108 cm³/mol. The summed E-state index contributed by atoms with van der Waals surface area (Å²) >= 11 is 12.0. The zero-order chi connectivity index (χ0) is 17.5. The van der Waals surface area contributed by atoms with E-state index in [1.54, 1.807) is 0 Å². The lowest BCUT2D eigenvalue weighted by Crippen LogP contribution is -2.14. The Balaban J connectivity index is 1.59. The standard InChI is InChI=1S/C22H21Cl2N/c23-13-18-8-11-21(22(12-18)14-24)16-25-15-17-6-9-20(10-7-17)19-4-2-1-3-5-19/h1-12,25H,13-16H2. The van der Waals surface area contributed by atoms with Gasteiger partial charge in [0.1, 0.15) is 0 Å². The molecule has 0 radical (unpaired) electrons. The molecular weight excluding hydrogens is 349 g/mol. The van der Waals surface area contributed by atoms with E-state index in [0.29, 0.717) is 11.8 Å². The van der Waals surface area contributed by atoms with Crippen LogP contribution in [-0.2, 0) is 24.8 Å². The molecular formula is C22H21Cl2N. The molecule has 0 atom stereocenters. The molecule has 3 heteroatoms. The maximum Gasteiger partial charge on any atom is 0.0477 e. The summed E-state index contributed by atoms with van der Waals surface area (Å²) in [5.41, 5.74) is 7.23. The third-order valence-corrected chi connectivity index (χ3v) is 4.87. The Morgan fingerprint density at radius 3 is 1.96 bits per heavy atom. The minimum atomic E-state index is 0.507. The Hall–Kier alpha value is -1.80. The first kappa shape index (κ1) is 18.0. The Morgan fingerprint density at radius 2 is 1.28 bits per heavy atom. The van der Waals surface area contributed by atoms with Gasteiger partial charge in [-0.15, -0.1) is 23.2 Å². The van der Waals surface area contributed by atoms with Crippen molar-refractivity contribution in [2.75, 3.05) is 0 Å². The van der Waals surface area contributed by atoms with E-state index >= 15 is 0 Å². The molecule has 3 aromatic carbocycles. The van der Waals surface area contributed by atoms with E-state index in [-0.39, 0.29) is 0 Å². The monoisotopic (exact) mass is 369 g/mol. The molecule has 3 rings (SSSR count). The number of hydrogen-bond acceptors (Lipinski definition) is 1. The van der Waals surface area contributed by atoms with Gasteiger partial charge in [0.15, 0.2) is 0 Å². The minimum Gasteiger partial charge on any atom is -0.309 e. The van der Waals surface area contributed by atoms with E-state index in [1.807, 2.05) is 6.07 Å². The second-order valence-electron chi connectivity index (χ2n) is 6.04. The molecule has 0 unspecified atom stereocenters. The minimum absolute atomic E-state index is 0.507. The van der Waals surface area contributed by atoms with Crippen LogP contribution in [0.25, 0.3) is 11.1 Å². The highest BCUT2D eigenvalue weighted by molar-refractivity contribution is 6.17. The van der Waals surface area contributed by atoms with Crippen molar-refractivity contribution in [2.45, 2.75) is 24.8 Å². The summed E-state index contributed by atoms with van der Waals surface area (Å²) in [6.45, 7) is 1.62. The van der Waals surface area contributed by atoms with Crippen molar-refractivity contribution in [2.24, 2.45) is 0 Å². The summed E-state index contributed by atoms with van der Waals surface area (Å²) in [6, 6.07) is 25.4. The van der Waals surface area contributed by atoms with Crippen molar-refractivity contribution in [3.8, 4) is 11.1 Å². The van der Waals surface area contributed by atoms with Crippen LogP contribution in [0.2, 0.25) is 0 Å². The highest BCUT2D eigenvalue weighted by atomic mass is 35.5. The normalized spacial score (nSPS) is 10.8. The molecule has 0 saturated heterocycles. The average Bonchev–Trinajstić information content (AvgIpc) is 2.69. The number of halogens is 2. The molecule has 0 aromatic heterocycles. The number of hydrogen-bond donors (Lipinski definition) is 1. The molecule has 0 aliphatic rings. The summed E-state index contributed by atoms with van der Waals surface area (Å²) in [4.78, 5) is 0. The summed E-state index contributed by atoms with van der Waals surface area (Å²) in [5, 5.41) is 3.50. The van der Waals surface area contributed by atoms with E-state index < -0.39 is 0 Å². The summed E-state index contributed by atoms with van der Waals surface area (Å²) < 4.78 is 0. The Labute approximate surface area is 159 Å². The number of rotatable bonds is 7. The quantitative estimate of drug-likeness (QED) is 0.494. The highest BCUT2D eigenvalue weighted by Gasteiger charge is 2.04. The van der Waals surface area contributed by atoms with Crippen molar-refractivity contribution >= 4 is 23.2 Å². The third-order valence-electron chi connectivity index (χ3n) is 4.27. The van der Waals surface area contributed by atoms with Crippen LogP contribution >= 0.6 is 23.2 Å². The Kier molecular flexibility index (Phi) is 6.52. The van der Waals surface area contributed by atoms with Crippen LogP contribution in [0.1, 0.15) is 22.3 Å². The fourth-order valence-electron chi connectivity index (χ4n) is 2.85. The molecule has 1 nitrogen and oxygen atoms in total. The second kappa shape index (κ2) is 9.05. The lowest BCUT2D eigenvalue weighted by molar-refractivity contribution is 0.690. The van der Waals surface area contributed by atoms with Crippen molar-refractivity contribution in [1.82, 2.24) is 5.32 Å². The van der Waals surface area contributed by atoms with Gasteiger partial charge in [0.05, 0.1) is 0 Å². The lowest BCUT2D eigenvalue weighted by Gasteiger charge is -2.11. The number of benzene rings is 3. The van der Waals surface area contributed by atoms with Crippen LogP contribution in [0.5, 0.6) is 0 Å². The van der Waals surface area contributed by atoms with Gasteiger partial charge in [-0.3, -0.25) is 0 Å². The van der Waals surface area contributed by atoms with Crippen LogP contribution in [0, 0.1) is 0 Å². The van der Waals surface area contributed by atoms with E-state index in [2.05, 4.69) is 72.0 Å². The summed E-state index contributed by atoms with van der Waals surface area (Å²) in [6.07, 6.45) is 0. The third kappa shape index (κ3) is 4.85.